The lowest BCUT2D eigenvalue weighted by Gasteiger charge is -2.45. The zero-order chi connectivity index (χ0) is 28.7. The molecular weight excluding hydrogens is 669 g/mol. The fraction of sp³-hybridized carbons (Fsp3) is 0.375. The normalized spacial score (nSPS) is 24.6. The predicted molar refractivity (Wildman–Crippen MR) is 158 cm³/mol. The minimum absolute atomic E-state index is 0. The van der Waals surface area contributed by atoms with Crippen LogP contribution in [0.5, 0.6) is 0 Å². The van der Waals surface area contributed by atoms with Gasteiger partial charge in [-0.15, -0.1) is 0 Å². The lowest BCUT2D eigenvalue weighted by atomic mass is 9.96. The number of nitrogens with zero attached hydrogens (tertiary/aromatic N) is 1. The van der Waals surface area contributed by atoms with Gasteiger partial charge in [0.15, 0.2) is 0 Å². The Morgan fingerprint density at radius 1 is 0.952 bits per heavy atom. The second kappa shape index (κ2) is 12.5. The first-order valence-electron chi connectivity index (χ1n) is 14.1. The highest BCUT2D eigenvalue weighted by molar-refractivity contribution is 6.33. The van der Waals surface area contributed by atoms with Crippen molar-refractivity contribution in [3.63, 3.8) is 0 Å². The van der Waals surface area contributed by atoms with E-state index >= 15 is 0 Å². The first-order chi connectivity index (χ1) is 19.7. The maximum Gasteiger partial charge on any atom is 0.411 e. The Balaban J connectivity index is 0.00000353. The number of fused-ring (bicyclic) bond motifs is 5. The summed E-state index contributed by atoms with van der Waals surface area (Å²) in [5, 5.41) is 15.5. The molecular formula is C32H35ClIN3O5. The average Bonchev–Trinajstić information content (AvgIpc) is 3.72. The highest BCUT2D eigenvalue weighted by atomic mass is 127. The fourth-order valence-electron chi connectivity index (χ4n) is 6.54. The summed E-state index contributed by atoms with van der Waals surface area (Å²) >= 11 is 6.24. The van der Waals surface area contributed by atoms with Crippen molar-refractivity contribution in [2.75, 3.05) is 24.7 Å². The number of aryl methyl sites for hydroxylation is 1. The highest BCUT2D eigenvalue weighted by Gasteiger charge is 2.70. The van der Waals surface area contributed by atoms with Crippen molar-refractivity contribution in [3.8, 4) is 11.1 Å². The molecule has 3 N–H and O–H groups in total. The van der Waals surface area contributed by atoms with Crippen LogP contribution in [0.15, 0.2) is 66.7 Å². The number of halogens is 2. The van der Waals surface area contributed by atoms with Crippen molar-refractivity contribution < 1.29 is 52.6 Å². The Kier molecular flexibility index (Phi) is 9.15. The van der Waals surface area contributed by atoms with Crippen LogP contribution in [0.2, 0.25) is 5.02 Å². The van der Waals surface area contributed by atoms with Crippen molar-refractivity contribution in [2.24, 2.45) is 0 Å². The Hall–Kier alpha value is -2.70. The van der Waals surface area contributed by atoms with Crippen LogP contribution in [0.1, 0.15) is 30.4 Å². The second-order valence-electron chi connectivity index (χ2n) is 11.7. The third-order valence-corrected chi connectivity index (χ3v) is 9.16. The number of piperidine rings is 1. The molecule has 0 radical (unpaired) electrons. The van der Waals surface area contributed by atoms with E-state index in [0.717, 1.165) is 34.0 Å². The monoisotopic (exact) mass is 703 g/mol. The molecule has 5 atom stereocenters. The van der Waals surface area contributed by atoms with E-state index in [2.05, 4.69) is 24.7 Å². The number of nitrogens with one attached hydrogen (secondary N) is 2. The zero-order valence-corrected chi connectivity index (χ0v) is 26.5. The minimum atomic E-state index is -0.468. The molecule has 222 valence electrons. The lowest BCUT2D eigenvalue weighted by Crippen LogP contribution is -3.00. The Labute approximate surface area is 267 Å². The molecule has 10 heteroatoms. The number of morpholine rings is 1. The molecule has 3 aromatic rings. The number of carbonyl (C=O) groups is 2. The minimum Gasteiger partial charge on any atom is -1.00 e. The van der Waals surface area contributed by atoms with Gasteiger partial charge in [0, 0.05) is 24.8 Å². The van der Waals surface area contributed by atoms with Crippen LogP contribution in [-0.2, 0) is 27.3 Å². The fourth-order valence-corrected chi connectivity index (χ4v) is 6.79. The van der Waals surface area contributed by atoms with Gasteiger partial charge in [0.2, 0.25) is 5.91 Å². The molecule has 42 heavy (non-hydrogen) atoms. The number of benzene rings is 3. The summed E-state index contributed by atoms with van der Waals surface area (Å²) in [7, 11) is 4.50. The summed E-state index contributed by atoms with van der Waals surface area (Å²) < 4.78 is 12.7. The number of ether oxygens (including phenoxy) is 2. The average molecular weight is 704 g/mol. The molecule has 2 bridgehead atoms. The number of anilines is 2. The van der Waals surface area contributed by atoms with Crippen LogP contribution in [0.4, 0.5) is 16.2 Å². The molecule has 1 unspecified atom stereocenters. The number of amides is 2. The number of hydrogen-bond donors (Lipinski definition) is 3. The first kappa shape index (κ1) is 30.7. The molecule has 3 aromatic carbocycles. The largest absolute Gasteiger partial charge is 1.00 e. The maximum atomic E-state index is 13.1. The topological polar surface area (TPSA) is 100 Å². The third kappa shape index (κ3) is 6.30. The van der Waals surface area contributed by atoms with E-state index in [1.54, 1.807) is 18.2 Å². The van der Waals surface area contributed by atoms with E-state index < -0.39 is 6.09 Å². The number of hydrogen-bond acceptors (Lipinski definition) is 5. The van der Waals surface area contributed by atoms with E-state index in [0.29, 0.717) is 52.7 Å². The predicted octanol–water partition coefficient (Wildman–Crippen LogP) is 2.38. The van der Waals surface area contributed by atoms with Crippen molar-refractivity contribution in [2.45, 2.75) is 62.7 Å². The van der Waals surface area contributed by atoms with Crippen LogP contribution in [0, 0.1) is 0 Å². The summed E-state index contributed by atoms with van der Waals surface area (Å²) in [6.07, 6.45) is 2.27. The molecule has 3 saturated heterocycles. The van der Waals surface area contributed by atoms with Crippen LogP contribution in [0.25, 0.3) is 11.1 Å². The van der Waals surface area contributed by atoms with Gasteiger partial charge in [-0.25, -0.2) is 4.79 Å². The smallest absolute Gasteiger partial charge is 0.411 e. The van der Waals surface area contributed by atoms with E-state index in [9.17, 15) is 14.7 Å². The molecule has 8 nitrogen and oxygen atoms in total. The van der Waals surface area contributed by atoms with E-state index in [1.807, 2.05) is 48.5 Å². The summed E-state index contributed by atoms with van der Waals surface area (Å²) in [5.74, 6) is -0.181. The summed E-state index contributed by atoms with van der Waals surface area (Å²) in [6, 6.07) is 21.4. The van der Waals surface area contributed by atoms with E-state index in [4.69, 9.17) is 21.1 Å². The number of carbonyl (C=O) groups excluding carboxylic acids is 2. The number of aliphatic hydroxyl groups is 1. The van der Waals surface area contributed by atoms with Crippen molar-refractivity contribution in [3.05, 3.63) is 82.9 Å². The SMILES string of the molecule is C[N+]1(C)[C@@H]2CC(OC(=O)Nc3cc(CCC(=O)Nc4ccc(CO)cc4Cl)ccc3-c3ccccc3)C[C@H]1[C@@H]1O[C@@H]12.[I-]. The highest BCUT2D eigenvalue weighted by Crippen LogP contribution is 2.51. The van der Waals surface area contributed by atoms with E-state index in [-0.39, 0.29) is 49.0 Å². The van der Waals surface area contributed by atoms with Gasteiger partial charge in [0.1, 0.15) is 30.4 Å². The van der Waals surface area contributed by atoms with Gasteiger partial charge in [-0.1, -0.05) is 60.1 Å². The molecule has 0 aromatic heterocycles. The summed E-state index contributed by atoms with van der Waals surface area (Å²) in [4.78, 5) is 25.8. The van der Waals surface area contributed by atoms with Crippen LogP contribution >= 0.6 is 11.6 Å². The van der Waals surface area contributed by atoms with Gasteiger partial charge in [-0.05, 0) is 41.3 Å². The van der Waals surface area contributed by atoms with Gasteiger partial charge in [0.25, 0.3) is 0 Å². The molecule has 6 rings (SSSR count). The van der Waals surface area contributed by atoms with Crippen LogP contribution in [-0.4, -0.2) is 66.1 Å². The van der Waals surface area contributed by atoms with Crippen molar-refractivity contribution in [1.29, 1.82) is 0 Å². The molecule has 0 aliphatic carbocycles. The van der Waals surface area contributed by atoms with Crippen LogP contribution in [0.3, 0.4) is 0 Å². The quantitative estimate of drug-likeness (QED) is 0.190. The lowest BCUT2D eigenvalue weighted by molar-refractivity contribution is -0.938. The Morgan fingerprint density at radius 2 is 1.64 bits per heavy atom. The summed E-state index contributed by atoms with van der Waals surface area (Å²) in [6.45, 7) is -0.119. The number of quaternary nitrogens is 1. The van der Waals surface area contributed by atoms with Gasteiger partial charge in [0.05, 0.1) is 37.1 Å². The molecule has 3 heterocycles. The molecule has 0 spiro atoms. The number of likely N-dealkylation sites (N-methyl/N-ethyl adjacent to an activating group) is 1. The van der Waals surface area contributed by atoms with Gasteiger partial charge >= 0.3 is 6.09 Å². The number of rotatable bonds is 8. The van der Waals surface area contributed by atoms with Crippen molar-refractivity contribution in [1.82, 2.24) is 0 Å². The zero-order valence-electron chi connectivity index (χ0n) is 23.6. The third-order valence-electron chi connectivity index (χ3n) is 8.85. The van der Waals surface area contributed by atoms with Crippen molar-refractivity contribution >= 4 is 35.0 Å². The van der Waals surface area contributed by atoms with Crippen LogP contribution < -0.4 is 34.6 Å². The number of epoxide rings is 1. The summed E-state index contributed by atoms with van der Waals surface area (Å²) in [5.41, 5.74) is 4.57. The standard InChI is InChI=1S/C32H34ClN3O5.HI/c1-36(2)27-16-22(17-28(36)31-30(27)41-31)40-32(39)35-26-15-19(8-11-23(26)21-6-4-3-5-7-21)10-13-29(38)34-25-12-9-20(18-37)14-24(25)33;/h3-9,11-12,14-15,22,27-28,30-31,37H,10,13,16-18H2,1-2H3,(H-,34,35,38,39);1H/t22?,27-,28+,30-,31+;. The Bertz CT molecular complexity index is 1450. The van der Waals surface area contributed by atoms with E-state index in [1.165, 1.54) is 0 Å². The molecule has 3 fully saturated rings. The number of aliphatic hydroxyl groups excluding tert-OH is 1. The molecule has 3 aliphatic rings. The molecule has 2 amide bonds. The molecule has 3 aliphatic heterocycles. The van der Waals surface area contributed by atoms with Gasteiger partial charge < -0.3 is 48.4 Å². The first-order valence-corrected chi connectivity index (χ1v) is 14.4. The maximum absolute atomic E-state index is 13.1. The Morgan fingerprint density at radius 3 is 2.31 bits per heavy atom. The molecule has 0 saturated carbocycles. The van der Waals surface area contributed by atoms with Gasteiger partial charge in [-0.3, -0.25) is 10.1 Å². The second-order valence-corrected chi connectivity index (χ2v) is 12.1. The van der Waals surface area contributed by atoms with Gasteiger partial charge in [-0.2, -0.15) is 0 Å².